The van der Waals surface area contributed by atoms with Crippen molar-refractivity contribution in [2.45, 2.75) is 45.4 Å². The molecule has 0 bridgehead atoms. The number of carboxylic acid groups (broad SMARTS) is 1. The SMILES string of the molecule is CC(C)(C)OCCC(NC(=O)Cn1cc([N+](=O)[O-])ccc1=O)C(=O)O. The zero-order valence-electron chi connectivity index (χ0n) is 14.2. The Bertz CT molecular complexity index is 706. The van der Waals surface area contributed by atoms with Crippen LogP contribution in [0.4, 0.5) is 5.69 Å². The molecule has 0 saturated heterocycles. The lowest BCUT2D eigenvalue weighted by Crippen LogP contribution is -2.44. The molecule has 0 fully saturated rings. The van der Waals surface area contributed by atoms with Gasteiger partial charge in [-0.25, -0.2) is 4.79 Å². The molecule has 2 N–H and O–H groups in total. The van der Waals surface area contributed by atoms with Gasteiger partial charge < -0.3 is 15.2 Å². The highest BCUT2D eigenvalue weighted by molar-refractivity contribution is 5.83. The number of hydrogen-bond acceptors (Lipinski definition) is 6. The molecular weight excluding hydrogens is 334 g/mol. The molecule has 10 heteroatoms. The minimum absolute atomic E-state index is 0.0438. The number of nitrogens with zero attached hydrogens (tertiary/aromatic N) is 2. The minimum Gasteiger partial charge on any atom is -0.480 e. The molecule has 138 valence electrons. The Labute approximate surface area is 143 Å². The van der Waals surface area contributed by atoms with Crippen LogP contribution in [0.25, 0.3) is 0 Å². The van der Waals surface area contributed by atoms with Crippen molar-refractivity contribution in [1.82, 2.24) is 9.88 Å². The summed E-state index contributed by atoms with van der Waals surface area (Å²) in [5.41, 5.74) is -1.40. The normalized spacial score (nSPS) is 12.4. The first kappa shape index (κ1) is 20.3. The van der Waals surface area contributed by atoms with Gasteiger partial charge in [0.15, 0.2) is 0 Å². The van der Waals surface area contributed by atoms with Crippen LogP contribution in [0.3, 0.4) is 0 Å². The van der Waals surface area contributed by atoms with E-state index in [0.717, 1.165) is 22.9 Å². The van der Waals surface area contributed by atoms with Gasteiger partial charge >= 0.3 is 5.97 Å². The van der Waals surface area contributed by atoms with Crippen LogP contribution in [0, 0.1) is 10.1 Å². The third kappa shape index (κ3) is 7.12. The molecule has 0 saturated carbocycles. The van der Waals surface area contributed by atoms with Gasteiger partial charge in [0.2, 0.25) is 5.91 Å². The second kappa shape index (κ2) is 8.38. The number of hydrogen-bond donors (Lipinski definition) is 2. The maximum Gasteiger partial charge on any atom is 0.326 e. The first-order valence-electron chi connectivity index (χ1n) is 7.50. The number of amides is 1. The van der Waals surface area contributed by atoms with E-state index in [1.807, 2.05) is 20.8 Å². The van der Waals surface area contributed by atoms with Crippen molar-refractivity contribution in [3.8, 4) is 0 Å². The number of nitrogens with one attached hydrogen (secondary N) is 1. The Balaban J connectivity index is 2.72. The summed E-state index contributed by atoms with van der Waals surface area (Å²) in [5, 5.41) is 22.2. The van der Waals surface area contributed by atoms with Crippen molar-refractivity contribution in [1.29, 1.82) is 0 Å². The minimum atomic E-state index is -1.24. The lowest BCUT2D eigenvalue weighted by molar-refractivity contribution is -0.385. The van der Waals surface area contributed by atoms with Crippen LogP contribution in [-0.4, -0.2) is 44.7 Å². The van der Waals surface area contributed by atoms with Crippen LogP contribution < -0.4 is 10.9 Å². The summed E-state index contributed by atoms with van der Waals surface area (Å²) in [6, 6.07) is 0.807. The van der Waals surface area contributed by atoms with Crippen molar-refractivity contribution in [3.63, 3.8) is 0 Å². The van der Waals surface area contributed by atoms with E-state index >= 15 is 0 Å². The molecule has 10 nitrogen and oxygen atoms in total. The summed E-state index contributed by atoms with van der Waals surface area (Å²) >= 11 is 0. The zero-order valence-corrected chi connectivity index (χ0v) is 14.2. The van der Waals surface area contributed by atoms with Crippen LogP contribution in [0.15, 0.2) is 23.1 Å². The molecule has 0 spiro atoms. The maximum atomic E-state index is 12.0. The number of aliphatic carboxylic acids is 1. The predicted molar refractivity (Wildman–Crippen MR) is 87.2 cm³/mol. The lowest BCUT2D eigenvalue weighted by Gasteiger charge is -2.21. The van der Waals surface area contributed by atoms with Gasteiger partial charge in [-0.3, -0.25) is 24.3 Å². The number of carbonyl (C=O) groups is 2. The quantitative estimate of drug-likeness (QED) is 0.512. The molecule has 1 aromatic heterocycles. The van der Waals surface area contributed by atoms with Gasteiger partial charge in [0.1, 0.15) is 12.6 Å². The number of carboxylic acids is 1. The van der Waals surface area contributed by atoms with E-state index in [4.69, 9.17) is 9.84 Å². The Morgan fingerprint density at radius 3 is 2.56 bits per heavy atom. The Kier molecular flexibility index (Phi) is 6.80. The summed E-state index contributed by atoms with van der Waals surface area (Å²) in [6.07, 6.45) is 0.975. The molecular formula is C15H21N3O7. The summed E-state index contributed by atoms with van der Waals surface area (Å²) < 4.78 is 6.27. The number of nitro groups is 1. The Morgan fingerprint density at radius 2 is 2.04 bits per heavy atom. The van der Waals surface area contributed by atoms with Crippen molar-refractivity contribution < 1.29 is 24.4 Å². The van der Waals surface area contributed by atoms with E-state index in [2.05, 4.69) is 5.32 Å². The molecule has 0 aliphatic carbocycles. The van der Waals surface area contributed by atoms with Crippen molar-refractivity contribution in [3.05, 3.63) is 38.8 Å². The summed E-state index contributed by atoms with van der Waals surface area (Å²) in [5.74, 6) is -1.98. The first-order valence-corrected chi connectivity index (χ1v) is 7.50. The number of pyridine rings is 1. The monoisotopic (exact) mass is 355 g/mol. The fourth-order valence-corrected chi connectivity index (χ4v) is 1.89. The summed E-state index contributed by atoms with van der Waals surface area (Å²) in [4.78, 5) is 44.9. The highest BCUT2D eigenvalue weighted by atomic mass is 16.6. The molecule has 1 aromatic rings. The number of rotatable bonds is 8. The van der Waals surface area contributed by atoms with Gasteiger partial charge in [-0.2, -0.15) is 0 Å². The molecule has 0 aliphatic heterocycles. The fourth-order valence-electron chi connectivity index (χ4n) is 1.89. The second-order valence-corrected chi connectivity index (χ2v) is 6.32. The van der Waals surface area contributed by atoms with E-state index in [9.17, 15) is 24.5 Å². The summed E-state index contributed by atoms with van der Waals surface area (Å²) in [6.45, 7) is 5.05. The van der Waals surface area contributed by atoms with Crippen LogP contribution in [0.1, 0.15) is 27.2 Å². The molecule has 25 heavy (non-hydrogen) atoms. The second-order valence-electron chi connectivity index (χ2n) is 6.32. The molecule has 1 atom stereocenters. The van der Waals surface area contributed by atoms with Gasteiger partial charge in [-0.15, -0.1) is 0 Å². The van der Waals surface area contributed by atoms with E-state index in [-0.39, 0.29) is 18.7 Å². The zero-order chi connectivity index (χ0) is 19.2. The smallest absolute Gasteiger partial charge is 0.326 e. The van der Waals surface area contributed by atoms with Crippen LogP contribution in [0.5, 0.6) is 0 Å². The molecule has 0 radical (unpaired) electrons. The average molecular weight is 355 g/mol. The lowest BCUT2D eigenvalue weighted by atomic mass is 10.1. The van der Waals surface area contributed by atoms with E-state index < -0.39 is 40.5 Å². The Hall–Kier alpha value is -2.75. The topological polar surface area (TPSA) is 141 Å². The van der Waals surface area contributed by atoms with Gasteiger partial charge in [-0.05, 0) is 20.8 Å². The number of ether oxygens (including phenoxy) is 1. The predicted octanol–water partition coefficient (Wildman–Crippen LogP) is 0.531. The molecule has 1 heterocycles. The van der Waals surface area contributed by atoms with E-state index in [1.54, 1.807) is 0 Å². The fraction of sp³-hybridized carbons (Fsp3) is 0.533. The number of carbonyl (C=O) groups excluding carboxylic acids is 1. The van der Waals surface area contributed by atoms with Gasteiger partial charge in [0, 0.05) is 25.2 Å². The van der Waals surface area contributed by atoms with Crippen LogP contribution in [0.2, 0.25) is 0 Å². The molecule has 1 amide bonds. The van der Waals surface area contributed by atoms with Crippen molar-refractivity contribution >= 4 is 17.6 Å². The molecule has 1 rings (SSSR count). The van der Waals surface area contributed by atoms with Crippen LogP contribution in [-0.2, 0) is 20.9 Å². The Morgan fingerprint density at radius 1 is 1.40 bits per heavy atom. The van der Waals surface area contributed by atoms with Crippen LogP contribution >= 0.6 is 0 Å². The maximum absolute atomic E-state index is 12.0. The molecule has 0 aromatic carbocycles. The van der Waals surface area contributed by atoms with Gasteiger partial charge in [0.25, 0.3) is 11.2 Å². The van der Waals surface area contributed by atoms with E-state index in [0.29, 0.717) is 0 Å². The van der Waals surface area contributed by atoms with Crippen molar-refractivity contribution in [2.24, 2.45) is 0 Å². The number of aromatic nitrogens is 1. The first-order chi connectivity index (χ1) is 11.5. The van der Waals surface area contributed by atoms with Gasteiger partial charge in [-0.1, -0.05) is 0 Å². The average Bonchev–Trinajstić information content (AvgIpc) is 2.46. The molecule has 0 aliphatic rings. The van der Waals surface area contributed by atoms with Crippen molar-refractivity contribution in [2.75, 3.05) is 6.61 Å². The van der Waals surface area contributed by atoms with Gasteiger partial charge in [0.05, 0.1) is 16.7 Å². The summed E-state index contributed by atoms with van der Waals surface area (Å²) in [7, 11) is 0. The molecule has 1 unspecified atom stereocenters. The highest BCUT2D eigenvalue weighted by Gasteiger charge is 2.21. The largest absolute Gasteiger partial charge is 0.480 e. The third-order valence-electron chi connectivity index (χ3n) is 3.07. The third-order valence-corrected chi connectivity index (χ3v) is 3.07. The standard InChI is InChI=1S/C15H21N3O7/c1-15(2,3)25-7-6-11(14(21)22)16-12(19)9-17-8-10(18(23)24)4-5-13(17)20/h4-5,8,11H,6-7,9H2,1-3H3,(H,16,19)(H,21,22). The van der Waals surface area contributed by atoms with E-state index in [1.165, 1.54) is 0 Å². The highest BCUT2D eigenvalue weighted by Crippen LogP contribution is 2.08.